The van der Waals surface area contributed by atoms with E-state index in [0.29, 0.717) is 22.4 Å². The van der Waals surface area contributed by atoms with Gasteiger partial charge in [-0.1, -0.05) is 54.3 Å². The molecule has 0 spiro atoms. The lowest BCUT2D eigenvalue weighted by Crippen LogP contribution is -2.17. The fourth-order valence-corrected chi connectivity index (χ4v) is 3.31. The third kappa shape index (κ3) is 4.84. The molecule has 1 fully saturated rings. The number of ether oxygens (including phenoxy) is 2. The molecule has 1 amide bonds. The molecule has 1 saturated heterocycles. The number of nitrogens with one attached hydrogen (secondary N) is 1. The van der Waals surface area contributed by atoms with Gasteiger partial charge >= 0.3 is 0 Å². The first kappa shape index (κ1) is 17.5. The number of hydrogen-bond donors (Lipinski definition) is 1. The second-order valence-electron chi connectivity index (χ2n) is 5.38. The zero-order valence-electron chi connectivity index (χ0n) is 13.7. The standard InChI is InChI=1S/C19H17NO3S2/c1-13-4-2-3-5-16(13)23-11-10-22-15-8-6-14(7-9-15)12-17-18(21)20-19(24)25-17/h2-9,12H,10-11H2,1H3,(H,20,21,24)/b17-12+. The van der Waals surface area contributed by atoms with Crippen molar-refractivity contribution >= 4 is 40.3 Å². The predicted molar refractivity (Wildman–Crippen MR) is 105 cm³/mol. The van der Waals surface area contributed by atoms with E-state index in [4.69, 9.17) is 21.7 Å². The number of carbonyl (C=O) groups excluding carboxylic acids is 1. The van der Waals surface area contributed by atoms with E-state index in [0.717, 1.165) is 22.6 Å². The second kappa shape index (κ2) is 8.18. The summed E-state index contributed by atoms with van der Waals surface area (Å²) in [7, 11) is 0. The van der Waals surface area contributed by atoms with E-state index in [1.54, 1.807) is 0 Å². The van der Waals surface area contributed by atoms with Crippen LogP contribution in [-0.2, 0) is 4.79 Å². The highest BCUT2D eigenvalue weighted by molar-refractivity contribution is 8.26. The quantitative estimate of drug-likeness (QED) is 0.473. The van der Waals surface area contributed by atoms with Crippen LogP contribution in [0.25, 0.3) is 6.08 Å². The molecule has 25 heavy (non-hydrogen) atoms. The Morgan fingerprint density at radius 1 is 1.08 bits per heavy atom. The number of aryl methyl sites for hydroxylation is 1. The highest BCUT2D eigenvalue weighted by Gasteiger charge is 2.21. The summed E-state index contributed by atoms with van der Waals surface area (Å²) in [5.74, 6) is 1.48. The Labute approximate surface area is 156 Å². The molecule has 0 saturated carbocycles. The maximum absolute atomic E-state index is 11.6. The van der Waals surface area contributed by atoms with Crippen LogP contribution < -0.4 is 14.8 Å². The monoisotopic (exact) mass is 371 g/mol. The summed E-state index contributed by atoms with van der Waals surface area (Å²) < 4.78 is 11.9. The molecule has 2 aromatic carbocycles. The molecule has 0 radical (unpaired) electrons. The number of para-hydroxylation sites is 1. The van der Waals surface area contributed by atoms with Crippen molar-refractivity contribution in [2.24, 2.45) is 0 Å². The fraction of sp³-hybridized carbons (Fsp3) is 0.158. The number of thioether (sulfide) groups is 1. The van der Waals surface area contributed by atoms with Crippen LogP contribution in [0.5, 0.6) is 11.5 Å². The Hall–Kier alpha value is -2.31. The lowest BCUT2D eigenvalue weighted by molar-refractivity contribution is -0.115. The van der Waals surface area contributed by atoms with Crippen LogP contribution in [0, 0.1) is 6.92 Å². The van der Waals surface area contributed by atoms with Crippen LogP contribution >= 0.6 is 24.0 Å². The molecule has 0 aliphatic carbocycles. The summed E-state index contributed by atoms with van der Waals surface area (Å²) in [5, 5.41) is 2.60. The van der Waals surface area contributed by atoms with Crippen molar-refractivity contribution < 1.29 is 14.3 Å². The number of hydrogen-bond acceptors (Lipinski definition) is 5. The van der Waals surface area contributed by atoms with Crippen molar-refractivity contribution in [1.82, 2.24) is 5.32 Å². The summed E-state index contributed by atoms with van der Waals surface area (Å²) in [5.41, 5.74) is 2.03. The van der Waals surface area contributed by atoms with Gasteiger partial charge in [-0.15, -0.1) is 0 Å². The first-order valence-electron chi connectivity index (χ1n) is 7.78. The van der Waals surface area contributed by atoms with Crippen LogP contribution in [0.4, 0.5) is 0 Å². The summed E-state index contributed by atoms with van der Waals surface area (Å²) in [6.07, 6.45) is 1.81. The van der Waals surface area contributed by atoms with E-state index < -0.39 is 0 Å². The Balaban J connectivity index is 1.50. The van der Waals surface area contributed by atoms with E-state index in [1.807, 2.05) is 61.5 Å². The molecule has 0 atom stereocenters. The van der Waals surface area contributed by atoms with Crippen LogP contribution in [0.3, 0.4) is 0 Å². The van der Waals surface area contributed by atoms with E-state index in [2.05, 4.69) is 5.32 Å². The molecule has 0 unspecified atom stereocenters. The number of carbonyl (C=O) groups is 1. The van der Waals surface area contributed by atoms with Crippen molar-refractivity contribution in [3.63, 3.8) is 0 Å². The number of benzene rings is 2. The highest BCUT2D eigenvalue weighted by atomic mass is 32.2. The van der Waals surface area contributed by atoms with E-state index in [-0.39, 0.29) is 5.91 Å². The molecule has 2 aromatic rings. The average Bonchev–Trinajstić information content (AvgIpc) is 2.92. The Bertz CT molecular complexity index is 816. The zero-order valence-corrected chi connectivity index (χ0v) is 15.3. The van der Waals surface area contributed by atoms with Crippen molar-refractivity contribution in [1.29, 1.82) is 0 Å². The van der Waals surface area contributed by atoms with Gasteiger partial charge in [0, 0.05) is 0 Å². The smallest absolute Gasteiger partial charge is 0.263 e. The van der Waals surface area contributed by atoms with Crippen LogP contribution in [0.1, 0.15) is 11.1 Å². The number of amides is 1. The maximum Gasteiger partial charge on any atom is 0.263 e. The average molecular weight is 371 g/mol. The van der Waals surface area contributed by atoms with Crippen molar-refractivity contribution in [2.75, 3.05) is 13.2 Å². The maximum atomic E-state index is 11.6. The Morgan fingerprint density at radius 2 is 1.80 bits per heavy atom. The molecular formula is C19H17NO3S2. The lowest BCUT2D eigenvalue weighted by atomic mass is 10.2. The minimum Gasteiger partial charge on any atom is -0.490 e. The lowest BCUT2D eigenvalue weighted by Gasteiger charge is -2.10. The van der Waals surface area contributed by atoms with E-state index in [9.17, 15) is 4.79 Å². The molecular weight excluding hydrogens is 354 g/mol. The highest BCUT2D eigenvalue weighted by Crippen LogP contribution is 2.26. The first-order chi connectivity index (χ1) is 12.1. The summed E-state index contributed by atoms with van der Waals surface area (Å²) in [6.45, 7) is 2.95. The van der Waals surface area contributed by atoms with E-state index in [1.165, 1.54) is 11.8 Å². The second-order valence-corrected chi connectivity index (χ2v) is 7.10. The molecule has 6 heteroatoms. The molecule has 1 aliphatic heterocycles. The van der Waals surface area contributed by atoms with Gasteiger partial charge in [0.05, 0.1) is 4.91 Å². The minimum absolute atomic E-state index is 0.149. The van der Waals surface area contributed by atoms with Crippen molar-refractivity contribution in [3.8, 4) is 11.5 Å². The third-order valence-electron chi connectivity index (χ3n) is 3.52. The normalized spacial score (nSPS) is 15.3. The molecule has 3 rings (SSSR count). The predicted octanol–water partition coefficient (Wildman–Crippen LogP) is 3.94. The van der Waals surface area contributed by atoms with Gasteiger partial charge in [0.15, 0.2) is 0 Å². The van der Waals surface area contributed by atoms with Gasteiger partial charge in [-0.05, 0) is 42.3 Å². The van der Waals surface area contributed by atoms with Crippen LogP contribution in [0.2, 0.25) is 0 Å². The first-order valence-corrected chi connectivity index (χ1v) is 9.00. The summed E-state index contributed by atoms with van der Waals surface area (Å²) in [6, 6.07) is 15.4. The van der Waals surface area contributed by atoms with Crippen molar-refractivity contribution in [3.05, 3.63) is 64.6 Å². The van der Waals surface area contributed by atoms with Gasteiger partial charge in [0.1, 0.15) is 29.0 Å². The van der Waals surface area contributed by atoms with Crippen molar-refractivity contribution in [2.45, 2.75) is 6.92 Å². The van der Waals surface area contributed by atoms with Gasteiger partial charge in [-0.2, -0.15) is 0 Å². The van der Waals surface area contributed by atoms with Gasteiger partial charge in [0.25, 0.3) is 5.91 Å². The van der Waals surface area contributed by atoms with Crippen LogP contribution in [-0.4, -0.2) is 23.4 Å². The van der Waals surface area contributed by atoms with Gasteiger partial charge in [0.2, 0.25) is 0 Å². The Kier molecular flexibility index (Phi) is 5.73. The molecule has 1 N–H and O–H groups in total. The zero-order chi connectivity index (χ0) is 17.6. The van der Waals surface area contributed by atoms with Crippen LogP contribution in [0.15, 0.2) is 53.4 Å². The number of thiocarbonyl (C=S) groups is 1. The third-order valence-corrected chi connectivity index (χ3v) is 4.69. The molecule has 1 aliphatic rings. The minimum atomic E-state index is -0.149. The fourth-order valence-electron chi connectivity index (χ4n) is 2.26. The molecule has 0 bridgehead atoms. The SMILES string of the molecule is Cc1ccccc1OCCOc1ccc(/C=C2/SC(=S)NC2=O)cc1. The van der Waals surface area contributed by atoms with Gasteiger partial charge in [-0.25, -0.2) is 0 Å². The van der Waals surface area contributed by atoms with Gasteiger partial charge in [-0.3, -0.25) is 4.79 Å². The van der Waals surface area contributed by atoms with Gasteiger partial charge < -0.3 is 14.8 Å². The topological polar surface area (TPSA) is 47.6 Å². The Morgan fingerprint density at radius 3 is 2.48 bits per heavy atom. The molecule has 128 valence electrons. The summed E-state index contributed by atoms with van der Waals surface area (Å²) >= 11 is 6.24. The number of rotatable bonds is 6. The summed E-state index contributed by atoms with van der Waals surface area (Å²) in [4.78, 5) is 12.2. The largest absolute Gasteiger partial charge is 0.490 e. The molecule has 4 nitrogen and oxygen atoms in total. The molecule has 1 heterocycles. The van der Waals surface area contributed by atoms with E-state index >= 15 is 0 Å². The molecule has 0 aromatic heterocycles.